The monoisotopic (exact) mass is 411 g/mol. The van der Waals surface area contributed by atoms with Crippen LogP contribution in [0.2, 0.25) is 0 Å². The van der Waals surface area contributed by atoms with E-state index >= 15 is 0 Å². The molecule has 0 fully saturated rings. The highest BCUT2D eigenvalue weighted by Crippen LogP contribution is 2.28. The van der Waals surface area contributed by atoms with Gasteiger partial charge in [-0.05, 0) is 49.2 Å². The Morgan fingerprint density at radius 3 is 2.41 bits per heavy atom. The van der Waals surface area contributed by atoms with Crippen LogP contribution in [0.1, 0.15) is 39.5 Å². The molecule has 152 valence electrons. The van der Waals surface area contributed by atoms with Crippen LogP contribution in [0.4, 0.5) is 20.9 Å². The third kappa shape index (κ3) is 5.87. The first-order valence-electron chi connectivity index (χ1n) is 9.98. The van der Waals surface area contributed by atoms with Gasteiger partial charge in [-0.3, -0.25) is 4.79 Å². The number of hydrogen-bond acceptors (Lipinski definition) is 4. The normalized spacial score (nSPS) is 11.8. The number of hydrogen-bond donors (Lipinski definition) is 2. The third-order valence-electron chi connectivity index (χ3n) is 4.82. The number of carbonyl (C=O) groups excluding carboxylic acids is 1. The zero-order chi connectivity index (χ0) is 20.6. The van der Waals surface area contributed by atoms with E-state index in [1.54, 1.807) is 12.1 Å². The largest absolute Gasteiger partial charge is 0.332 e. The Labute approximate surface area is 175 Å². The molecular formula is C23H26FN3OS. The van der Waals surface area contributed by atoms with Crippen LogP contribution >= 0.6 is 11.3 Å². The number of nitrogens with one attached hydrogen (secondary N) is 2. The molecule has 6 heteroatoms. The van der Waals surface area contributed by atoms with E-state index in [1.807, 2.05) is 29.6 Å². The lowest BCUT2D eigenvalue weighted by atomic mass is 9.98. The first-order valence-corrected chi connectivity index (χ1v) is 10.9. The average molecular weight is 412 g/mol. The number of amides is 1. The fraction of sp³-hybridized carbons (Fsp3) is 0.304. The first kappa shape index (κ1) is 21.0. The first-order chi connectivity index (χ1) is 14.1. The Morgan fingerprint density at radius 2 is 1.76 bits per heavy atom. The molecule has 0 bridgehead atoms. The van der Waals surface area contributed by atoms with E-state index in [-0.39, 0.29) is 17.6 Å². The highest BCUT2D eigenvalue weighted by atomic mass is 32.1. The van der Waals surface area contributed by atoms with E-state index in [0.717, 1.165) is 53.4 Å². The fourth-order valence-electron chi connectivity index (χ4n) is 3.06. The topological polar surface area (TPSA) is 54.0 Å². The summed E-state index contributed by atoms with van der Waals surface area (Å²) < 4.78 is 13.0. The highest BCUT2D eigenvalue weighted by molar-refractivity contribution is 7.14. The van der Waals surface area contributed by atoms with E-state index in [1.165, 1.54) is 23.5 Å². The Morgan fingerprint density at radius 1 is 1.07 bits per heavy atom. The summed E-state index contributed by atoms with van der Waals surface area (Å²) in [6, 6.07) is 13.9. The molecule has 1 heterocycles. The van der Waals surface area contributed by atoms with Gasteiger partial charge in [0, 0.05) is 28.2 Å². The van der Waals surface area contributed by atoms with E-state index in [9.17, 15) is 9.18 Å². The van der Waals surface area contributed by atoms with Crippen molar-refractivity contribution in [2.75, 3.05) is 10.6 Å². The number of benzene rings is 2. The van der Waals surface area contributed by atoms with Gasteiger partial charge in [-0.1, -0.05) is 38.8 Å². The lowest BCUT2D eigenvalue weighted by Crippen LogP contribution is -2.22. The SMILES string of the molecule is CCCCC(CC)C(=O)Nc1ccc(-c2csc(Nc3ccc(F)cc3)n2)cc1. The van der Waals surface area contributed by atoms with Gasteiger partial charge in [0.25, 0.3) is 0 Å². The summed E-state index contributed by atoms with van der Waals surface area (Å²) in [6.07, 6.45) is 3.96. The zero-order valence-corrected chi connectivity index (χ0v) is 17.6. The molecule has 0 saturated carbocycles. The van der Waals surface area contributed by atoms with E-state index in [4.69, 9.17) is 0 Å². The summed E-state index contributed by atoms with van der Waals surface area (Å²) in [5.74, 6) is -0.111. The Bertz CT molecular complexity index is 922. The predicted molar refractivity (Wildman–Crippen MR) is 119 cm³/mol. The van der Waals surface area contributed by atoms with E-state index < -0.39 is 0 Å². The molecule has 0 aliphatic rings. The predicted octanol–water partition coefficient (Wildman–Crippen LogP) is 6.85. The maximum absolute atomic E-state index is 13.0. The van der Waals surface area contributed by atoms with Crippen LogP contribution in [0.15, 0.2) is 53.9 Å². The van der Waals surface area contributed by atoms with Gasteiger partial charge in [0.05, 0.1) is 5.69 Å². The molecule has 1 aromatic heterocycles. The van der Waals surface area contributed by atoms with Crippen molar-refractivity contribution in [3.8, 4) is 11.3 Å². The van der Waals surface area contributed by atoms with E-state index in [0.29, 0.717) is 0 Å². The van der Waals surface area contributed by atoms with Crippen molar-refractivity contribution in [1.82, 2.24) is 4.98 Å². The van der Waals surface area contributed by atoms with Gasteiger partial charge in [-0.15, -0.1) is 11.3 Å². The molecule has 1 atom stereocenters. The molecule has 3 aromatic rings. The number of nitrogens with zero attached hydrogens (tertiary/aromatic N) is 1. The van der Waals surface area contributed by atoms with Crippen molar-refractivity contribution >= 4 is 33.8 Å². The van der Waals surface area contributed by atoms with Gasteiger partial charge in [0.1, 0.15) is 5.82 Å². The van der Waals surface area contributed by atoms with Crippen LogP contribution < -0.4 is 10.6 Å². The van der Waals surface area contributed by atoms with Crippen molar-refractivity contribution in [2.45, 2.75) is 39.5 Å². The summed E-state index contributed by atoms with van der Waals surface area (Å²) in [6.45, 7) is 4.20. The quantitative estimate of drug-likeness (QED) is 0.405. The molecule has 4 nitrogen and oxygen atoms in total. The van der Waals surface area contributed by atoms with Crippen LogP contribution in [0.5, 0.6) is 0 Å². The number of rotatable bonds is 9. The molecule has 2 N–H and O–H groups in total. The molecule has 1 amide bonds. The fourth-order valence-corrected chi connectivity index (χ4v) is 3.80. The summed E-state index contributed by atoms with van der Waals surface area (Å²) >= 11 is 1.49. The second kappa shape index (κ2) is 10.2. The molecule has 0 radical (unpaired) electrons. The van der Waals surface area contributed by atoms with Crippen molar-refractivity contribution < 1.29 is 9.18 Å². The minimum absolute atomic E-state index is 0.0632. The molecule has 29 heavy (non-hydrogen) atoms. The second-order valence-corrected chi connectivity index (χ2v) is 7.84. The zero-order valence-electron chi connectivity index (χ0n) is 16.7. The van der Waals surface area contributed by atoms with Crippen LogP contribution in [0.25, 0.3) is 11.3 Å². The minimum Gasteiger partial charge on any atom is -0.332 e. The van der Waals surface area contributed by atoms with Crippen LogP contribution in [0.3, 0.4) is 0 Å². The molecule has 3 rings (SSSR count). The van der Waals surface area contributed by atoms with Gasteiger partial charge in [0.15, 0.2) is 5.13 Å². The van der Waals surface area contributed by atoms with Crippen molar-refractivity contribution in [3.05, 3.63) is 59.7 Å². The number of halogens is 1. The number of anilines is 3. The number of unbranched alkanes of at least 4 members (excludes halogenated alkanes) is 1. The Kier molecular flexibility index (Phi) is 7.36. The second-order valence-electron chi connectivity index (χ2n) is 6.98. The van der Waals surface area contributed by atoms with Gasteiger partial charge in [-0.25, -0.2) is 9.37 Å². The Hall–Kier alpha value is -2.73. The molecule has 0 spiro atoms. The number of carbonyl (C=O) groups is 1. The molecule has 0 aliphatic carbocycles. The Balaban J connectivity index is 1.62. The standard InChI is InChI=1S/C23H26FN3OS/c1-3-5-6-16(4-2)22(28)25-19-11-7-17(8-12-19)21-15-29-23(27-21)26-20-13-9-18(24)10-14-20/h7-16H,3-6H2,1-2H3,(H,25,28)(H,26,27). The average Bonchev–Trinajstić information content (AvgIpc) is 3.19. The van der Waals surface area contributed by atoms with Crippen molar-refractivity contribution in [2.24, 2.45) is 5.92 Å². The van der Waals surface area contributed by atoms with Gasteiger partial charge >= 0.3 is 0 Å². The number of aromatic nitrogens is 1. The minimum atomic E-state index is -0.266. The summed E-state index contributed by atoms with van der Waals surface area (Å²) in [5, 5.41) is 8.91. The van der Waals surface area contributed by atoms with Crippen LogP contribution in [-0.4, -0.2) is 10.9 Å². The maximum Gasteiger partial charge on any atom is 0.227 e. The summed E-state index contributed by atoms with van der Waals surface area (Å²) in [4.78, 5) is 17.0. The smallest absolute Gasteiger partial charge is 0.227 e. The van der Waals surface area contributed by atoms with E-state index in [2.05, 4.69) is 29.5 Å². The summed E-state index contributed by atoms with van der Waals surface area (Å²) in [5.41, 5.74) is 3.42. The van der Waals surface area contributed by atoms with Crippen molar-refractivity contribution in [3.63, 3.8) is 0 Å². The van der Waals surface area contributed by atoms with Crippen LogP contribution in [-0.2, 0) is 4.79 Å². The molecule has 1 unspecified atom stereocenters. The molecule has 2 aromatic carbocycles. The van der Waals surface area contributed by atoms with Gasteiger partial charge in [-0.2, -0.15) is 0 Å². The van der Waals surface area contributed by atoms with Crippen molar-refractivity contribution in [1.29, 1.82) is 0 Å². The van der Waals surface area contributed by atoms with Gasteiger partial charge in [0.2, 0.25) is 5.91 Å². The lowest BCUT2D eigenvalue weighted by molar-refractivity contribution is -0.120. The number of thiazole rings is 1. The van der Waals surface area contributed by atoms with Crippen LogP contribution in [0, 0.1) is 11.7 Å². The molecular weight excluding hydrogens is 385 g/mol. The third-order valence-corrected chi connectivity index (χ3v) is 5.58. The molecule has 0 aliphatic heterocycles. The molecule has 0 saturated heterocycles. The summed E-state index contributed by atoms with van der Waals surface area (Å²) in [7, 11) is 0. The van der Waals surface area contributed by atoms with Gasteiger partial charge < -0.3 is 10.6 Å². The lowest BCUT2D eigenvalue weighted by Gasteiger charge is -2.14. The highest BCUT2D eigenvalue weighted by Gasteiger charge is 2.16. The maximum atomic E-state index is 13.0.